The van der Waals surface area contributed by atoms with Gasteiger partial charge in [-0.1, -0.05) is 6.07 Å². The van der Waals surface area contributed by atoms with Crippen LogP contribution in [0.1, 0.15) is 18.5 Å². The molecule has 3 rings (SSSR count). The third kappa shape index (κ3) is 6.65. The molecule has 1 aromatic carbocycles. The van der Waals surface area contributed by atoms with Gasteiger partial charge in [-0.2, -0.15) is 0 Å². The lowest BCUT2D eigenvalue weighted by atomic mass is 10.2. The zero-order valence-corrected chi connectivity index (χ0v) is 20.3. The van der Waals surface area contributed by atoms with Gasteiger partial charge in [0.2, 0.25) is 0 Å². The minimum absolute atomic E-state index is 0. The number of rotatable bonds is 6. The molecule has 1 saturated heterocycles. The molecule has 1 aliphatic rings. The first kappa shape index (κ1) is 25.1. The smallest absolute Gasteiger partial charge is 0.250 e. The molecule has 31 heavy (non-hydrogen) atoms. The Balaban J connectivity index is 0.00000341. The lowest BCUT2D eigenvalue weighted by molar-refractivity contribution is 0.370. The minimum Gasteiger partial charge on any atom is -0.366 e. The predicted molar refractivity (Wildman–Crippen MR) is 132 cm³/mol. The van der Waals surface area contributed by atoms with Crippen LogP contribution in [0.15, 0.2) is 46.2 Å². The number of piperazine rings is 1. The molecule has 9 heteroatoms. The number of aliphatic imine (C=N–C) groups is 1. The van der Waals surface area contributed by atoms with Gasteiger partial charge in [-0.15, -0.1) is 24.0 Å². The van der Waals surface area contributed by atoms with Crippen LogP contribution in [0.5, 0.6) is 0 Å². The molecule has 6 nitrogen and oxygen atoms in total. The Labute approximate surface area is 199 Å². The van der Waals surface area contributed by atoms with Crippen molar-refractivity contribution < 1.29 is 8.78 Å². The van der Waals surface area contributed by atoms with Gasteiger partial charge in [0.25, 0.3) is 5.56 Å². The summed E-state index contributed by atoms with van der Waals surface area (Å²) in [5, 5.41) is 3.37. The van der Waals surface area contributed by atoms with E-state index in [1.165, 1.54) is 12.1 Å². The van der Waals surface area contributed by atoms with E-state index >= 15 is 0 Å². The summed E-state index contributed by atoms with van der Waals surface area (Å²) in [5.41, 5.74) is 1.31. The van der Waals surface area contributed by atoms with Gasteiger partial charge in [-0.05, 0) is 38.0 Å². The fraction of sp³-hybridized carbons (Fsp3) is 0.455. The number of nitrogens with one attached hydrogen (secondary N) is 1. The molecular weight excluding hydrogens is 515 g/mol. The number of pyridine rings is 1. The molecular formula is C22H30F2IN5O. The van der Waals surface area contributed by atoms with E-state index in [1.807, 2.05) is 17.9 Å². The zero-order valence-electron chi connectivity index (χ0n) is 18.0. The molecule has 1 fully saturated rings. The number of hydrogen-bond donors (Lipinski definition) is 1. The Morgan fingerprint density at radius 1 is 1.10 bits per heavy atom. The Hall–Kier alpha value is -2.17. The number of anilines is 1. The number of hydrogen-bond acceptors (Lipinski definition) is 3. The van der Waals surface area contributed by atoms with Crippen molar-refractivity contribution in [3.8, 4) is 0 Å². The van der Waals surface area contributed by atoms with Gasteiger partial charge in [-0.3, -0.25) is 9.79 Å². The van der Waals surface area contributed by atoms with E-state index in [2.05, 4.69) is 15.2 Å². The molecule has 0 radical (unpaired) electrons. The van der Waals surface area contributed by atoms with Crippen LogP contribution in [0.3, 0.4) is 0 Å². The summed E-state index contributed by atoms with van der Waals surface area (Å²) < 4.78 is 29.3. The van der Waals surface area contributed by atoms with Crippen molar-refractivity contribution in [3.05, 3.63) is 64.1 Å². The van der Waals surface area contributed by atoms with Crippen molar-refractivity contribution >= 4 is 35.6 Å². The third-order valence-electron chi connectivity index (χ3n) is 5.40. The van der Waals surface area contributed by atoms with Crippen molar-refractivity contribution in [2.24, 2.45) is 4.99 Å². The third-order valence-corrected chi connectivity index (χ3v) is 5.40. The highest BCUT2D eigenvalue weighted by molar-refractivity contribution is 14.0. The first-order chi connectivity index (χ1) is 14.5. The lowest BCUT2D eigenvalue weighted by Gasteiger charge is -2.37. The van der Waals surface area contributed by atoms with Crippen LogP contribution in [0.2, 0.25) is 0 Å². The number of benzene rings is 1. The number of guanidine groups is 1. The van der Waals surface area contributed by atoms with Crippen LogP contribution >= 0.6 is 24.0 Å². The van der Waals surface area contributed by atoms with Gasteiger partial charge in [-0.25, -0.2) is 8.78 Å². The highest BCUT2D eigenvalue weighted by atomic mass is 127. The molecule has 1 aromatic heterocycles. The maximum Gasteiger partial charge on any atom is 0.250 e. The van der Waals surface area contributed by atoms with Gasteiger partial charge in [0.15, 0.2) is 5.96 Å². The molecule has 0 unspecified atom stereocenters. The minimum atomic E-state index is -0.431. The molecule has 2 heterocycles. The van der Waals surface area contributed by atoms with Gasteiger partial charge < -0.3 is 19.7 Å². The van der Waals surface area contributed by atoms with E-state index in [1.54, 1.807) is 23.7 Å². The Morgan fingerprint density at radius 2 is 1.84 bits per heavy atom. The number of halogens is 3. The van der Waals surface area contributed by atoms with Crippen LogP contribution in [0, 0.1) is 18.6 Å². The van der Waals surface area contributed by atoms with E-state index in [9.17, 15) is 13.6 Å². The van der Waals surface area contributed by atoms with E-state index < -0.39 is 11.6 Å². The summed E-state index contributed by atoms with van der Waals surface area (Å²) in [4.78, 5) is 20.2. The number of nitrogens with zero attached hydrogens (tertiary/aromatic N) is 4. The quantitative estimate of drug-likeness (QED) is 0.262. The van der Waals surface area contributed by atoms with Crippen molar-refractivity contribution in [3.63, 3.8) is 0 Å². The van der Waals surface area contributed by atoms with E-state index in [4.69, 9.17) is 0 Å². The average molecular weight is 545 g/mol. The molecule has 0 spiro atoms. The summed E-state index contributed by atoms with van der Waals surface area (Å²) in [6, 6.07) is 8.86. The topological polar surface area (TPSA) is 52.9 Å². The van der Waals surface area contributed by atoms with E-state index in [0.29, 0.717) is 38.4 Å². The first-order valence-electron chi connectivity index (χ1n) is 10.3. The summed E-state index contributed by atoms with van der Waals surface area (Å²) in [6.45, 7) is 5.93. The second kappa shape index (κ2) is 12.0. The second-order valence-corrected chi connectivity index (χ2v) is 7.41. The summed E-state index contributed by atoms with van der Waals surface area (Å²) >= 11 is 0. The van der Waals surface area contributed by atoms with Crippen LogP contribution in [-0.4, -0.2) is 55.2 Å². The molecule has 0 bridgehead atoms. The molecule has 2 aromatic rings. The number of aryl methyl sites for hydroxylation is 1. The molecule has 1 aliphatic heterocycles. The maximum atomic E-state index is 14.0. The predicted octanol–water partition coefficient (Wildman–Crippen LogP) is 3.23. The Morgan fingerprint density at radius 3 is 2.52 bits per heavy atom. The fourth-order valence-electron chi connectivity index (χ4n) is 3.72. The number of unbranched alkanes of at least 4 members (excludes halogenated alkanes) is 1. The maximum absolute atomic E-state index is 14.0. The van der Waals surface area contributed by atoms with Crippen molar-refractivity contribution in [1.82, 2.24) is 14.8 Å². The SMILES string of the molecule is CN=C(NCCCCn1c(C)cccc1=O)N1CCN(c2cc(F)ccc2F)CC1.I. The first-order valence-corrected chi connectivity index (χ1v) is 10.3. The van der Waals surface area contributed by atoms with Crippen LogP contribution in [0.25, 0.3) is 0 Å². The van der Waals surface area contributed by atoms with E-state index in [0.717, 1.165) is 37.1 Å². The average Bonchev–Trinajstić information content (AvgIpc) is 2.74. The lowest BCUT2D eigenvalue weighted by Crippen LogP contribution is -2.52. The van der Waals surface area contributed by atoms with Gasteiger partial charge in [0, 0.05) is 64.1 Å². The number of aromatic nitrogens is 1. The fourth-order valence-corrected chi connectivity index (χ4v) is 3.72. The molecule has 1 N–H and O–H groups in total. The van der Waals surface area contributed by atoms with Gasteiger partial charge in [0.1, 0.15) is 11.6 Å². The highest BCUT2D eigenvalue weighted by Crippen LogP contribution is 2.21. The Bertz CT molecular complexity index is 942. The molecule has 170 valence electrons. The monoisotopic (exact) mass is 545 g/mol. The standard InChI is InChI=1S/C22H29F2N5O.HI/c1-17-6-5-7-21(30)29(17)11-4-3-10-26-22(25-2)28-14-12-27(13-15-28)20-16-18(23)8-9-19(20)24;/h5-9,16H,3-4,10-15H2,1-2H3,(H,25,26);1H. The largest absolute Gasteiger partial charge is 0.366 e. The zero-order chi connectivity index (χ0) is 21.5. The van der Waals surface area contributed by atoms with Crippen molar-refractivity contribution in [2.75, 3.05) is 44.7 Å². The van der Waals surface area contributed by atoms with E-state index in [-0.39, 0.29) is 29.5 Å². The van der Waals surface area contributed by atoms with Gasteiger partial charge >= 0.3 is 0 Å². The van der Waals surface area contributed by atoms with Crippen molar-refractivity contribution in [1.29, 1.82) is 0 Å². The highest BCUT2D eigenvalue weighted by Gasteiger charge is 2.21. The summed E-state index contributed by atoms with van der Waals surface area (Å²) in [5.74, 6) is -0.0261. The normalized spacial score (nSPS) is 14.4. The summed E-state index contributed by atoms with van der Waals surface area (Å²) in [6.07, 6.45) is 1.80. The van der Waals surface area contributed by atoms with Crippen LogP contribution in [-0.2, 0) is 6.54 Å². The molecule has 0 amide bonds. The van der Waals surface area contributed by atoms with Gasteiger partial charge in [0.05, 0.1) is 5.69 Å². The molecule has 0 aliphatic carbocycles. The second-order valence-electron chi connectivity index (χ2n) is 7.41. The van der Waals surface area contributed by atoms with Crippen LogP contribution < -0.4 is 15.8 Å². The van der Waals surface area contributed by atoms with Crippen molar-refractivity contribution in [2.45, 2.75) is 26.3 Å². The van der Waals surface area contributed by atoms with Crippen LogP contribution in [0.4, 0.5) is 14.5 Å². The Kier molecular flexibility index (Phi) is 9.73. The molecule has 0 atom stereocenters. The summed E-state index contributed by atoms with van der Waals surface area (Å²) in [7, 11) is 1.74. The molecule has 0 saturated carbocycles.